The zero-order valence-corrected chi connectivity index (χ0v) is 12.8. The largest absolute Gasteiger partial charge is 0.374 e. The lowest BCUT2D eigenvalue weighted by molar-refractivity contribution is 0.113. The van der Waals surface area contributed by atoms with Crippen LogP contribution in [0.25, 0.3) is 0 Å². The number of hydrogen-bond donors (Lipinski definition) is 1. The molecule has 0 bridgehead atoms. The number of nitrogens with one attached hydrogen (secondary N) is 1. The van der Waals surface area contributed by atoms with Crippen molar-refractivity contribution >= 4 is 16.7 Å². The molecule has 6 heteroatoms. The van der Waals surface area contributed by atoms with Crippen molar-refractivity contribution < 1.29 is 4.74 Å². The molecule has 5 nitrogen and oxygen atoms in total. The van der Waals surface area contributed by atoms with E-state index >= 15 is 0 Å². The van der Waals surface area contributed by atoms with Crippen LogP contribution in [0.15, 0.2) is 0 Å². The maximum Gasteiger partial charge on any atom is 0.202 e. The van der Waals surface area contributed by atoms with Gasteiger partial charge in [0.2, 0.25) is 5.13 Å². The Labute approximate surface area is 114 Å². The van der Waals surface area contributed by atoms with Crippen LogP contribution in [0.3, 0.4) is 0 Å². The minimum atomic E-state index is -0.0464. The lowest BCUT2D eigenvalue weighted by Gasteiger charge is -2.22. The fourth-order valence-electron chi connectivity index (χ4n) is 1.69. The van der Waals surface area contributed by atoms with Gasteiger partial charge in [0, 0.05) is 31.2 Å². The third kappa shape index (κ3) is 4.51. The van der Waals surface area contributed by atoms with Crippen LogP contribution < -0.4 is 5.32 Å². The Bertz CT molecular complexity index is 341. The molecule has 0 radical (unpaired) electrons. The molecular formula is C12H24N4OS. The summed E-state index contributed by atoms with van der Waals surface area (Å²) in [6, 6.07) is 0.364. The second-order valence-corrected chi connectivity index (χ2v) is 5.12. The van der Waals surface area contributed by atoms with Crippen molar-refractivity contribution in [3.8, 4) is 0 Å². The van der Waals surface area contributed by atoms with E-state index in [9.17, 15) is 0 Å². The van der Waals surface area contributed by atoms with Gasteiger partial charge in [-0.2, -0.15) is 4.37 Å². The zero-order chi connectivity index (χ0) is 13.5. The van der Waals surface area contributed by atoms with Gasteiger partial charge in [0.15, 0.2) is 5.82 Å². The molecule has 1 rings (SSSR count). The monoisotopic (exact) mass is 272 g/mol. The molecule has 0 fully saturated rings. The molecule has 0 saturated heterocycles. The Morgan fingerprint density at radius 2 is 2.00 bits per heavy atom. The molecule has 1 heterocycles. The summed E-state index contributed by atoms with van der Waals surface area (Å²) in [5.74, 6) is 0.750. The molecule has 0 aliphatic rings. The van der Waals surface area contributed by atoms with Gasteiger partial charge in [0.25, 0.3) is 0 Å². The highest BCUT2D eigenvalue weighted by Gasteiger charge is 2.13. The normalized spacial score (nSPS) is 14.8. The summed E-state index contributed by atoms with van der Waals surface area (Å²) in [7, 11) is 1.67. The van der Waals surface area contributed by atoms with Crippen LogP contribution in [0, 0.1) is 0 Å². The van der Waals surface area contributed by atoms with E-state index in [-0.39, 0.29) is 6.10 Å². The predicted molar refractivity (Wildman–Crippen MR) is 76.2 cm³/mol. The quantitative estimate of drug-likeness (QED) is 0.787. The number of ether oxygens (including phenoxy) is 1. The second-order valence-electron chi connectivity index (χ2n) is 4.37. The second kappa shape index (κ2) is 7.66. The summed E-state index contributed by atoms with van der Waals surface area (Å²) in [6.07, 6.45) is -0.0464. The summed E-state index contributed by atoms with van der Waals surface area (Å²) >= 11 is 1.39. The molecule has 0 aliphatic carbocycles. The van der Waals surface area contributed by atoms with Gasteiger partial charge in [-0.15, -0.1) is 0 Å². The average Bonchev–Trinajstić information content (AvgIpc) is 2.83. The maximum atomic E-state index is 5.20. The summed E-state index contributed by atoms with van der Waals surface area (Å²) in [5, 5.41) is 4.26. The van der Waals surface area contributed by atoms with Gasteiger partial charge in [-0.25, -0.2) is 4.98 Å². The summed E-state index contributed by atoms with van der Waals surface area (Å²) in [6.45, 7) is 11.6. The third-order valence-electron chi connectivity index (χ3n) is 2.96. The van der Waals surface area contributed by atoms with Crippen molar-refractivity contribution in [2.24, 2.45) is 0 Å². The first kappa shape index (κ1) is 15.3. The highest BCUT2D eigenvalue weighted by molar-refractivity contribution is 7.09. The highest BCUT2D eigenvalue weighted by Crippen LogP contribution is 2.18. The van der Waals surface area contributed by atoms with Crippen LogP contribution >= 0.6 is 11.5 Å². The molecule has 0 saturated carbocycles. The van der Waals surface area contributed by atoms with Crippen LogP contribution in [0.2, 0.25) is 0 Å². The number of likely N-dealkylation sites (N-methyl/N-ethyl adjacent to an activating group) is 1. The fraction of sp³-hybridized carbons (Fsp3) is 0.833. The summed E-state index contributed by atoms with van der Waals surface area (Å²) in [5.41, 5.74) is 0. The van der Waals surface area contributed by atoms with E-state index in [1.807, 2.05) is 6.92 Å². The number of anilines is 1. The minimum Gasteiger partial charge on any atom is -0.374 e. The summed E-state index contributed by atoms with van der Waals surface area (Å²) in [4.78, 5) is 6.82. The molecule has 2 unspecified atom stereocenters. The van der Waals surface area contributed by atoms with Gasteiger partial charge in [-0.3, -0.25) is 0 Å². The standard InChI is InChI=1S/C12H24N4OS/c1-6-16(7-2)8-9(3)13-12-14-11(15-18-12)10(4)17-5/h9-10H,6-8H2,1-5H3,(H,13,14,15). The molecule has 1 aromatic rings. The lowest BCUT2D eigenvalue weighted by Crippen LogP contribution is -2.34. The molecule has 0 spiro atoms. The predicted octanol–water partition coefficient (Wildman–Crippen LogP) is 2.39. The Kier molecular flexibility index (Phi) is 6.52. The molecular weight excluding hydrogens is 248 g/mol. The van der Waals surface area contributed by atoms with Crippen LogP contribution in [-0.4, -0.2) is 47.0 Å². The Balaban J connectivity index is 2.49. The van der Waals surface area contributed by atoms with E-state index in [0.717, 1.165) is 30.6 Å². The van der Waals surface area contributed by atoms with Crippen molar-refractivity contribution in [3.63, 3.8) is 0 Å². The smallest absolute Gasteiger partial charge is 0.202 e. The molecule has 1 aromatic heterocycles. The van der Waals surface area contributed by atoms with Crippen molar-refractivity contribution in [3.05, 3.63) is 5.82 Å². The van der Waals surface area contributed by atoms with E-state index in [1.54, 1.807) is 7.11 Å². The van der Waals surface area contributed by atoms with Crippen molar-refractivity contribution in [1.82, 2.24) is 14.3 Å². The molecule has 0 aromatic carbocycles. The van der Waals surface area contributed by atoms with Crippen molar-refractivity contribution in [2.75, 3.05) is 32.1 Å². The van der Waals surface area contributed by atoms with Crippen molar-refractivity contribution in [2.45, 2.75) is 39.8 Å². The topological polar surface area (TPSA) is 50.3 Å². The number of methoxy groups -OCH3 is 1. The molecule has 0 aliphatic heterocycles. The molecule has 18 heavy (non-hydrogen) atoms. The Hall–Kier alpha value is -0.720. The van der Waals surface area contributed by atoms with E-state index < -0.39 is 0 Å². The van der Waals surface area contributed by atoms with Gasteiger partial charge in [0.05, 0.1) is 0 Å². The SMILES string of the molecule is CCN(CC)CC(C)Nc1nc(C(C)OC)ns1. The van der Waals surface area contributed by atoms with E-state index in [2.05, 4.69) is 40.3 Å². The number of nitrogens with zero attached hydrogens (tertiary/aromatic N) is 3. The highest BCUT2D eigenvalue weighted by atomic mass is 32.1. The molecule has 2 atom stereocenters. The fourth-order valence-corrected chi connectivity index (χ4v) is 2.45. The van der Waals surface area contributed by atoms with Crippen LogP contribution in [-0.2, 0) is 4.74 Å². The van der Waals surface area contributed by atoms with Crippen LogP contribution in [0.5, 0.6) is 0 Å². The van der Waals surface area contributed by atoms with E-state index in [1.165, 1.54) is 11.5 Å². The van der Waals surface area contributed by atoms with Gasteiger partial charge in [-0.05, 0) is 26.9 Å². The van der Waals surface area contributed by atoms with Crippen LogP contribution in [0.1, 0.15) is 39.6 Å². The van der Waals surface area contributed by atoms with Gasteiger partial charge in [0.1, 0.15) is 6.10 Å². The first-order valence-corrected chi connectivity index (χ1v) is 7.23. The average molecular weight is 272 g/mol. The minimum absolute atomic E-state index is 0.0464. The number of hydrogen-bond acceptors (Lipinski definition) is 6. The first-order chi connectivity index (χ1) is 8.60. The molecule has 1 N–H and O–H groups in total. The summed E-state index contributed by atoms with van der Waals surface area (Å²) < 4.78 is 9.49. The van der Waals surface area contributed by atoms with Gasteiger partial charge >= 0.3 is 0 Å². The van der Waals surface area contributed by atoms with E-state index in [0.29, 0.717) is 6.04 Å². The molecule has 104 valence electrons. The Morgan fingerprint density at radius 3 is 2.56 bits per heavy atom. The zero-order valence-electron chi connectivity index (χ0n) is 11.9. The first-order valence-electron chi connectivity index (χ1n) is 6.45. The lowest BCUT2D eigenvalue weighted by atomic mass is 10.3. The van der Waals surface area contributed by atoms with Crippen molar-refractivity contribution in [1.29, 1.82) is 0 Å². The van der Waals surface area contributed by atoms with E-state index in [4.69, 9.17) is 4.74 Å². The van der Waals surface area contributed by atoms with Gasteiger partial charge in [-0.1, -0.05) is 13.8 Å². The van der Waals surface area contributed by atoms with Gasteiger partial charge < -0.3 is 15.0 Å². The third-order valence-corrected chi connectivity index (χ3v) is 3.62. The molecule has 0 amide bonds. The maximum absolute atomic E-state index is 5.20. The number of rotatable bonds is 8. The Morgan fingerprint density at radius 1 is 1.33 bits per heavy atom. The number of aromatic nitrogens is 2. The van der Waals surface area contributed by atoms with Crippen LogP contribution in [0.4, 0.5) is 5.13 Å².